The molecule has 0 aliphatic carbocycles. The smallest absolute Gasteiger partial charge is 0.114 e. The van der Waals surface area contributed by atoms with Crippen molar-refractivity contribution in [2.75, 3.05) is 48.8 Å². The van der Waals surface area contributed by atoms with Crippen LogP contribution in [-0.4, -0.2) is 78.3 Å². The minimum atomic E-state index is -0.788. The molecule has 17 heavy (non-hydrogen) atoms. The molecule has 4 unspecified atom stereocenters. The maximum Gasteiger partial charge on any atom is 0.114 e. The van der Waals surface area contributed by atoms with Gasteiger partial charge in [-0.3, -0.25) is 0 Å². The highest BCUT2D eigenvalue weighted by molar-refractivity contribution is 4.84. The Bertz CT molecular complexity index is 177. The minimum Gasteiger partial charge on any atom is -0.388 e. The number of hydrogen-bond donors (Lipinski definition) is 1. The number of aliphatic hydroxyl groups excluding tert-OH is 1. The fourth-order valence-electron chi connectivity index (χ4n) is 1.73. The van der Waals surface area contributed by atoms with Gasteiger partial charge < -0.3 is 28.8 Å². The summed E-state index contributed by atoms with van der Waals surface area (Å²) in [7, 11) is 7.70. The van der Waals surface area contributed by atoms with E-state index in [0.29, 0.717) is 6.61 Å². The van der Waals surface area contributed by atoms with Crippen LogP contribution in [0.15, 0.2) is 0 Å². The first kappa shape index (κ1) is 16.8. The summed E-state index contributed by atoms with van der Waals surface area (Å²) in [5, 5.41) is 9.90. The molecule has 0 saturated heterocycles. The van der Waals surface area contributed by atoms with Crippen LogP contribution < -0.4 is 0 Å². The van der Waals surface area contributed by atoms with E-state index in [4.69, 9.17) is 23.7 Å². The number of rotatable bonds is 10. The SMILES string of the molecule is COCC(O)C(OC)C(OC)C(COC)OC. The van der Waals surface area contributed by atoms with Crippen LogP contribution in [-0.2, 0) is 23.7 Å². The molecule has 4 atom stereocenters. The third-order valence-electron chi connectivity index (χ3n) is 2.58. The lowest BCUT2D eigenvalue weighted by Crippen LogP contribution is -2.50. The fraction of sp³-hybridized carbons (Fsp3) is 1.00. The third-order valence-corrected chi connectivity index (χ3v) is 2.58. The normalized spacial score (nSPS) is 18.7. The minimum absolute atomic E-state index is 0.168. The standard InChI is InChI=1S/C11H24O6/c1-13-6-8(12)10(16-4)11(17-5)9(15-3)7-14-2/h8-12H,6-7H2,1-5H3. The van der Waals surface area contributed by atoms with Gasteiger partial charge in [0.25, 0.3) is 0 Å². The first-order valence-electron chi connectivity index (χ1n) is 5.40. The lowest BCUT2D eigenvalue weighted by molar-refractivity contribution is -0.160. The van der Waals surface area contributed by atoms with Crippen LogP contribution >= 0.6 is 0 Å². The van der Waals surface area contributed by atoms with Gasteiger partial charge in [-0.2, -0.15) is 0 Å². The van der Waals surface area contributed by atoms with Gasteiger partial charge in [-0.05, 0) is 0 Å². The molecule has 6 heteroatoms. The molecule has 0 saturated carbocycles. The molecular weight excluding hydrogens is 228 g/mol. The molecule has 0 aromatic heterocycles. The van der Waals surface area contributed by atoms with Crippen molar-refractivity contribution in [3.63, 3.8) is 0 Å². The van der Waals surface area contributed by atoms with Crippen LogP contribution in [0.5, 0.6) is 0 Å². The van der Waals surface area contributed by atoms with Crippen molar-refractivity contribution in [3.8, 4) is 0 Å². The van der Waals surface area contributed by atoms with Gasteiger partial charge >= 0.3 is 0 Å². The van der Waals surface area contributed by atoms with Crippen molar-refractivity contribution in [1.82, 2.24) is 0 Å². The average molecular weight is 252 g/mol. The monoisotopic (exact) mass is 252 g/mol. The maximum absolute atomic E-state index is 9.90. The Morgan fingerprint density at radius 3 is 1.65 bits per heavy atom. The molecule has 0 bridgehead atoms. The van der Waals surface area contributed by atoms with Gasteiger partial charge in [0.05, 0.1) is 13.2 Å². The highest BCUT2D eigenvalue weighted by Crippen LogP contribution is 2.15. The summed E-state index contributed by atoms with van der Waals surface area (Å²) >= 11 is 0. The highest BCUT2D eigenvalue weighted by Gasteiger charge is 2.34. The number of ether oxygens (including phenoxy) is 5. The van der Waals surface area contributed by atoms with E-state index in [2.05, 4.69) is 0 Å². The zero-order chi connectivity index (χ0) is 13.3. The molecule has 6 nitrogen and oxygen atoms in total. The summed E-state index contributed by atoms with van der Waals surface area (Å²) in [4.78, 5) is 0. The largest absolute Gasteiger partial charge is 0.388 e. The fourth-order valence-corrected chi connectivity index (χ4v) is 1.73. The van der Waals surface area contributed by atoms with Gasteiger partial charge in [-0.25, -0.2) is 0 Å². The Hall–Kier alpha value is -0.240. The second-order valence-corrected chi connectivity index (χ2v) is 3.65. The molecule has 0 rings (SSSR count). The third kappa shape index (κ3) is 5.29. The van der Waals surface area contributed by atoms with Gasteiger partial charge in [-0.15, -0.1) is 0 Å². The van der Waals surface area contributed by atoms with Crippen LogP contribution in [0.4, 0.5) is 0 Å². The Labute approximate surface area is 103 Å². The van der Waals surface area contributed by atoms with Gasteiger partial charge in [-0.1, -0.05) is 0 Å². The van der Waals surface area contributed by atoms with E-state index in [9.17, 15) is 5.11 Å². The van der Waals surface area contributed by atoms with Gasteiger partial charge in [0.2, 0.25) is 0 Å². The molecule has 1 N–H and O–H groups in total. The van der Waals surface area contributed by atoms with E-state index in [-0.39, 0.29) is 12.7 Å². The van der Waals surface area contributed by atoms with E-state index < -0.39 is 18.3 Å². The van der Waals surface area contributed by atoms with Gasteiger partial charge in [0.1, 0.15) is 24.4 Å². The summed E-state index contributed by atoms with van der Waals surface area (Å²) in [6, 6.07) is 0. The number of methoxy groups -OCH3 is 5. The molecule has 0 spiro atoms. The summed E-state index contributed by atoms with van der Waals surface area (Å²) in [6.45, 7) is 0.524. The summed E-state index contributed by atoms with van der Waals surface area (Å²) in [5.74, 6) is 0. The zero-order valence-electron chi connectivity index (χ0n) is 11.2. The van der Waals surface area contributed by atoms with Gasteiger partial charge in [0.15, 0.2) is 0 Å². The predicted molar refractivity (Wildman–Crippen MR) is 62.1 cm³/mol. The summed E-state index contributed by atoms with van der Waals surface area (Å²) in [6.07, 6.45) is -2.08. The Balaban J connectivity index is 4.64. The predicted octanol–water partition coefficient (Wildman–Crippen LogP) is -0.315. The zero-order valence-corrected chi connectivity index (χ0v) is 11.2. The summed E-state index contributed by atoms with van der Waals surface area (Å²) in [5.41, 5.74) is 0. The molecule has 0 aromatic rings. The molecule has 104 valence electrons. The van der Waals surface area contributed by atoms with Crippen LogP contribution in [0.1, 0.15) is 0 Å². The van der Waals surface area contributed by atoms with Crippen molar-refractivity contribution in [3.05, 3.63) is 0 Å². The van der Waals surface area contributed by atoms with Crippen LogP contribution in [0.3, 0.4) is 0 Å². The molecule has 0 amide bonds. The number of aliphatic hydroxyl groups is 1. The molecule has 0 radical (unpaired) electrons. The van der Waals surface area contributed by atoms with E-state index in [1.165, 1.54) is 21.3 Å². The van der Waals surface area contributed by atoms with Crippen LogP contribution in [0.25, 0.3) is 0 Å². The van der Waals surface area contributed by atoms with E-state index in [1.807, 2.05) is 0 Å². The highest BCUT2D eigenvalue weighted by atomic mass is 16.6. The van der Waals surface area contributed by atoms with E-state index in [0.717, 1.165) is 0 Å². The van der Waals surface area contributed by atoms with Crippen molar-refractivity contribution in [1.29, 1.82) is 0 Å². The molecule has 0 fully saturated rings. The second kappa shape index (κ2) is 9.76. The molecular formula is C11H24O6. The van der Waals surface area contributed by atoms with Crippen LogP contribution in [0.2, 0.25) is 0 Å². The van der Waals surface area contributed by atoms with Crippen molar-refractivity contribution < 1.29 is 28.8 Å². The first-order chi connectivity index (χ1) is 8.15. The molecule has 0 aliphatic rings. The van der Waals surface area contributed by atoms with Crippen LogP contribution in [0, 0.1) is 0 Å². The van der Waals surface area contributed by atoms with Crippen molar-refractivity contribution in [2.24, 2.45) is 0 Å². The topological polar surface area (TPSA) is 66.4 Å². The van der Waals surface area contributed by atoms with Gasteiger partial charge in [0, 0.05) is 35.5 Å². The Morgan fingerprint density at radius 2 is 1.29 bits per heavy atom. The summed E-state index contributed by atoms with van der Waals surface area (Å²) < 4.78 is 25.8. The molecule has 0 aromatic carbocycles. The van der Waals surface area contributed by atoms with E-state index >= 15 is 0 Å². The lowest BCUT2D eigenvalue weighted by atomic mass is 10.0. The average Bonchev–Trinajstić information content (AvgIpc) is 2.33. The Morgan fingerprint density at radius 1 is 0.765 bits per heavy atom. The molecule has 0 aliphatic heterocycles. The molecule has 0 heterocycles. The maximum atomic E-state index is 9.90. The number of hydrogen-bond acceptors (Lipinski definition) is 6. The second-order valence-electron chi connectivity index (χ2n) is 3.65. The van der Waals surface area contributed by atoms with Crippen molar-refractivity contribution >= 4 is 0 Å². The van der Waals surface area contributed by atoms with Crippen molar-refractivity contribution in [2.45, 2.75) is 24.4 Å². The Kier molecular flexibility index (Phi) is 9.62. The quantitative estimate of drug-likeness (QED) is 0.575. The first-order valence-corrected chi connectivity index (χ1v) is 5.40. The van der Waals surface area contributed by atoms with E-state index in [1.54, 1.807) is 14.2 Å². The lowest BCUT2D eigenvalue weighted by Gasteiger charge is -2.33.